The maximum Gasteiger partial charge on any atom is 0.239 e. The maximum atomic E-state index is 11.5. The highest BCUT2D eigenvalue weighted by Gasteiger charge is 2.29. The Balaban J connectivity index is 2.26. The number of hydrogen-bond donors (Lipinski definition) is 1. The molecular formula is C10H17N3O. The van der Waals surface area contributed by atoms with Gasteiger partial charge >= 0.3 is 0 Å². The van der Waals surface area contributed by atoms with Crippen molar-refractivity contribution in [1.29, 1.82) is 5.26 Å². The molecule has 1 aliphatic heterocycles. The van der Waals surface area contributed by atoms with Crippen LogP contribution in [0.4, 0.5) is 0 Å². The minimum atomic E-state index is -0.907. The highest BCUT2D eigenvalue weighted by Crippen LogP contribution is 2.15. The number of amides is 1. The topological polar surface area (TPSA) is 56.1 Å². The van der Waals surface area contributed by atoms with Gasteiger partial charge in [-0.2, -0.15) is 5.26 Å². The number of carbonyl (C=O) groups is 1. The summed E-state index contributed by atoms with van der Waals surface area (Å²) in [7, 11) is 2.05. The first-order valence-electron chi connectivity index (χ1n) is 4.84. The first kappa shape index (κ1) is 11.0. The third-order valence-corrected chi connectivity index (χ3v) is 2.54. The van der Waals surface area contributed by atoms with Gasteiger partial charge in [-0.15, -0.1) is 0 Å². The van der Waals surface area contributed by atoms with Gasteiger partial charge in [0.25, 0.3) is 0 Å². The molecule has 0 aromatic heterocycles. The lowest BCUT2D eigenvalue weighted by Gasteiger charge is -2.36. The van der Waals surface area contributed by atoms with E-state index in [1.165, 1.54) is 0 Å². The average Bonchev–Trinajstić information content (AvgIpc) is 2.10. The second-order valence-electron chi connectivity index (χ2n) is 4.53. The molecule has 0 atom stereocenters. The molecule has 78 valence electrons. The van der Waals surface area contributed by atoms with Gasteiger partial charge in [-0.25, -0.2) is 0 Å². The molecule has 0 aliphatic carbocycles. The molecule has 1 amide bonds. The van der Waals surface area contributed by atoms with Gasteiger partial charge in [-0.05, 0) is 20.9 Å². The Bertz CT molecular complexity index is 261. The van der Waals surface area contributed by atoms with E-state index < -0.39 is 5.41 Å². The predicted octanol–water partition coefficient (Wildman–Crippen LogP) is 0.214. The van der Waals surface area contributed by atoms with E-state index in [2.05, 4.69) is 17.3 Å². The molecule has 0 spiro atoms. The quantitative estimate of drug-likeness (QED) is 0.700. The first-order valence-corrected chi connectivity index (χ1v) is 4.84. The molecule has 1 heterocycles. The minimum Gasteiger partial charge on any atom is -0.354 e. The van der Waals surface area contributed by atoms with Crippen LogP contribution in [0.3, 0.4) is 0 Å². The maximum absolute atomic E-state index is 11.5. The summed E-state index contributed by atoms with van der Waals surface area (Å²) in [6.45, 7) is 6.03. The summed E-state index contributed by atoms with van der Waals surface area (Å²) < 4.78 is 0. The molecule has 0 radical (unpaired) electrons. The monoisotopic (exact) mass is 195 g/mol. The second kappa shape index (κ2) is 3.97. The summed E-state index contributed by atoms with van der Waals surface area (Å²) in [5, 5.41) is 11.5. The van der Waals surface area contributed by atoms with Gasteiger partial charge in [-0.3, -0.25) is 4.79 Å². The lowest BCUT2D eigenvalue weighted by Crippen LogP contribution is -2.50. The standard InChI is InChI=1S/C10H17N3O/c1-10(2,7-11)9(14)12-4-8-5-13(3)6-8/h8H,4-6H2,1-3H3,(H,12,14). The van der Waals surface area contributed by atoms with Gasteiger partial charge in [-0.1, -0.05) is 0 Å². The van der Waals surface area contributed by atoms with E-state index in [1.54, 1.807) is 13.8 Å². The zero-order valence-corrected chi connectivity index (χ0v) is 9.00. The van der Waals surface area contributed by atoms with Gasteiger partial charge < -0.3 is 10.2 Å². The normalized spacial score (nSPS) is 18.4. The summed E-state index contributed by atoms with van der Waals surface area (Å²) in [5.41, 5.74) is -0.907. The molecule has 1 fully saturated rings. The highest BCUT2D eigenvalue weighted by atomic mass is 16.2. The van der Waals surface area contributed by atoms with E-state index in [-0.39, 0.29) is 5.91 Å². The van der Waals surface area contributed by atoms with Crippen LogP contribution < -0.4 is 5.32 Å². The zero-order chi connectivity index (χ0) is 10.8. The van der Waals surface area contributed by atoms with Crippen LogP contribution in [0.15, 0.2) is 0 Å². The fraction of sp³-hybridized carbons (Fsp3) is 0.800. The summed E-state index contributed by atoms with van der Waals surface area (Å²) in [6, 6.07) is 1.99. The third kappa shape index (κ3) is 2.46. The predicted molar refractivity (Wildman–Crippen MR) is 53.4 cm³/mol. The van der Waals surface area contributed by atoms with Crippen LogP contribution in [-0.2, 0) is 4.79 Å². The van der Waals surface area contributed by atoms with Crippen molar-refractivity contribution in [1.82, 2.24) is 10.2 Å². The van der Waals surface area contributed by atoms with Crippen molar-refractivity contribution in [3.8, 4) is 6.07 Å². The van der Waals surface area contributed by atoms with E-state index >= 15 is 0 Å². The summed E-state index contributed by atoms with van der Waals surface area (Å²) in [5.74, 6) is 0.382. The van der Waals surface area contributed by atoms with Gasteiger partial charge in [0.2, 0.25) is 5.91 Å². The van der Waals surface area contributed by atoms with E-state index in [0.29, 0.717) is 12.5 Å². The number of likely N-dealkylation sites (tertiary alicyclic amines) is 1. The van der Waals surface area contributed by atoms with Crippen LogP contribution in [0.1, 0.15) is 13.8 Å². The van der Waals surface area contributed by atoms with Gasteiger partial charge in [0.05, 0.1) is 6.07 Å². The SMILES string of the molecule is CN1CC(CNC(=O)C(C)(C)C#N)C1. The minimum absolute atomic E-state index is 0.172. The molecule has 1 rings (SSSR count). The fourth-order valence-corrected chi connectivity index (χ4v) is 1.47. The Hall–Kier alpha value is -1.08. The van der Waals surface area contributed by atoms with Crippen molar-refractivity contribution >= 4 is 5.91 Å². The Labute approximate surface area is 84.9 Å². The van der Waals surface area contributed by atoms with Gasteiger partial charge in [0, 0.05) is 25.6 Å². The molecule has 0 unspecified atom stereocenters. The van der Waals surface area contributed by atoms with Crippen LogP contribution in [-0.4, -0.2) is 37.5 Å². The van der Waals surface area contributed by atoms with Gasteiger partial charge in [0.1, 0.15) is 5.41 Å². The summed E-state index contributed by atoms with van der Waals surface area (Å²) >= 11 is 0. The van der Waals surface area contributed by atoms with Crippen LogP contribution in [0.25, 0.3) is 0 Å². The van der Waals surface area contributed by atoms with Crippen molar-refractivity contribution in [3.05, 3.63) is 0 Å². The molecule has 1 aliphatic rings. The molecule has 14 heavy (non-hydrogen) atoms. The second-order valence-corrected chi connectivity index (χ2v) is 4.53. The largest absolute Gasteiger partial charge is 0.354 e. The molecule has 4 heteroatoms. The van der Waals surface area contributed by atoms with Crippen LogP contribution in [0, 0.1) is 22.7 Å². The van der Waals surface area contributed by atoms with E-state index in [4.69, 9.17) is 5.26 Å². The summed E-state index contributed by atoms with van der Waals surface area (Å²) in [6.07, 6.45) is 0. The summed E-state index contributed by atoms with van der Waals surface area (Å²) in [4.78, 5) is 13.7. The van der Waals surface area contributed by atoms with Crippen LogP contribution in [0.2, 0.25) is 0 Å². The average molecular weight is 195 g/mol. The van der Waals surface area contributed by atoms with E-state index in [0.717, 1.165) is 13.1 Å². The van der Waals surface area contributed by atoms with Crippen molar-refractivity contribution in [3.63, 3.8) is 0 Å². The smallest absolute Gasteiger partial charge is 0.239 e. The molecule has 0 bridgehead atoms. The van der Waals surface area contributed by atoms with Gasteiger partial charge in [0.15, 0.2) is 0 Å². The van der Waals surface area contributed by atoms with Crippen molar-refractivity contribution in [2.45, 2.75) is 13.8 Å². The lowest BCUT2D eigenvalue weighted by molar-refractivity contribution is -0.127. The zero-order valence-electron chi connectivity index (χ0n) is 9.00. The Morgan fingerprint density at radius 1 is 1.64 bits per heavy atom. The van der Waals surface area contributed by atoms with Crippen molar-refractivity contribution in [2.24, 2.45) is 11.3 Å². The van der Waals surface area contributed by atoms with Crippen LogP contribution >= 0.6 is 0 Å². The molecule has 0 aromatic carbocycles. The molecule has 1 saturated heterocycles. The van der Waals surface area contributed by atoms with Crippen molar-refractivity contribution < 1.29 is 4.79 Å². The highest BCUT2D eigenvalue weighted by molar-refractivity contribution is 5.84. The van der Waals surface area contributed by atoms with Crippen molar-refractivity contribution in [2.75, 3.05) is 26.7 Å². The third-order valence-electron chi connectivity index (χ3n) is 2.54. The van der Waals surface area contributed by atoms with E-state index in [1.807, 2.05) is 6.07 Å². The first-order chi connectivity index (χ1) is 6.45. The molecule has 0 aromatic rings. The number of nitrogens with one attached hydrogen (secondary N) is 1. The Morgan fingerprint density at radius 2 is 2.21 bits per heavy atom. The number of nitrogens with zero attached hydrogens (tertiary/aromatic N) is 2. The number of carbonyl (C=O) groups excluding carboxylic acids is 1. The lowest BCUT2D eigenvalue weighted by atomic mass is 9.94. The number of nitriles is 1. The Kier molecular flexibility index (Phi) is 3.12. The molecule has 0 saturated carbocycles. The molecule has 4 nitrogen and oxygen atoms in total. The number of hydrogen-bond acceptors (Lipinski definition) is 3. The Morgan fingerprint density at radius 3 is 2.64 bits per heavy atom. The van der Waals surface area contributed by atoms with Crippen LogP contribution in [0.5, 0.6) is 0 Å². The number of rotatable bonds is 3. The molecule has 1 N–H and O–H groups in total. The fourth-order valence-electron chi connectivity index (χ4n) is 1.47. The molecular weight excluding hydrogens is 178 g/mol. The van der Waals surface area contributed by atoms with E-state index in [9.17, 15) is 4.79 Å².